The van der Waals surface area contributed by atoms with Gasteiger partial charge in [-0.15, -0.1) is 0 Å². The van der Waals surface area contributed by atoms with Crippen molar-refractivity contribution in [1.29, 1.82) is 0 Å². The van der Waals surface area contributed by atoms with Gasteiger partial charge in [0.1, 0.15) is 5.75 Å². The Bertz CT molecular complexity index is 750. The second-order valence-corrected chi connectivity index (χ2v) is 6.42. The number of nitrogens with zero attached hydrogens (tertiary/aromatic N) is 1. The van der Waals surface area contributed by atoms with Crippen molar-refractivity contribution in [1.82, 2.24) is 0 Å². The third kappa shape index (κ3) is 4.66. The molecule has 0 fully saturated rings. The van der Waals surface area contributed by atoms with E-state index in [2.05, 4.69) is 37.2 Å². The van der Waals surface area contributed by atoms with Crippen LogP contribution in [0.4, 0.5) is 11.4 Å². The molecule has 2 aromatic rings. The number of non-ortho nitro benzene ring substituents is 1. The van der Waals surface area contributed by atoms with E-state index in [0.29, 0.717) is 14.7 Å². The highest BCUT2D eigenvalue weighted by molar-refractivity contribution is 9.11. The maximum absolute atomic E-state index is 11.9. The smallest absolute Gasteiger partial charge is 0.271 e. The van der Waals surface area contributed by atoms with Crippen LogP contribution in [-0.2, 0) is 4.79 Å². The largest absolute Gasteiger partial charge is 0.481 e. The van der Waals surface area contributed by atoms with E-state index < -0.39 is 10.8 Å². The molecule has 0 heterocycles. The topological polar surface area (TPSA) is 81.5 Å². The Morgan fingerprint density at radius 2 is 1.91 bits per heavy atom. The maximum atomic E-state index is 11.9. The highest BCUT2D eigenvalue weighted by Crippen LogP contribution is 2.33. The van der Waals surface area contributed by atoms with Gasteiger partial charge in [-0.2, -0.15) is 0 Å². The zero-order valence-corrected chi connectivity index (χ0v) is 15.3. The zero-order valence-electron chi connectivity index (χ0n) is 11.4. The molecular formula is C14H9Br2ClN2O4. The van der Waals surface area contributed by atoms with Gasteiger partial charge in [-0.3, -0.25) is 14.9 Å². The summed E-state index contributed by atoms with van der Waals surface area (Å²) in [5.41, 5.74) is -0.0140. The molecule has 0 aliphatic rings. The molecule has 0 saturated heterocycles. The Morgan fingerprint density at radius 3 is 2.52 bits per heavy atom. The van der Waals surface area contributed by atoms with E-state index in [-0.39, 0.29) is 23.0 Å². The van der Waals surface area contributed by atoms with E-state index in [4.69, 9.17) is 16.3 Å². The Labute approximate surface area is 153 Å². The summed E-state index contributed by atoms with van der Waals surface area (Å²) in [6, 6.07) is 9.15. The minimum Gasteiger partial charge on any atom is -0.481 e. The van der Waals surface area contributed by atoms with E-state index in [1.807, 2.05) is 6.07 Å². The van der Waals surface area contributed by atoms with Crippen LogP contribution in [0.2, 0.25) is 5.02 Å². The number of hydrogen-bond donors (Lipinski definition) is 1. The average Bonchev–Trinajstić information content (AvgIpc) is 2.48. The summed E-state index contributed by atoms with van der Waals surface area (Å²) >= 11 is 12.6. The number of halogens is 3. The quantitative estimate of drug-likeness (QED) is 0.510. The number of nitro benzene ring substituents is 1. The van der Waals surface area contributed by atoms with Crippen molar-refractivity contribution in [2.24, 2.45) is 0 Å². The van der Waals surface area contributed by atoms with Crippen molar-refractivity contribution in [3.05, 3.63) is 60.5 Å². The Balaban J connectivity index is 2.06. The van der Waals surface area contributed by atoms with Crippen LogP contribution in [0.25, 0.3) is 0 Å². The molecule has 0 saturated carbocycles. The van der Waals surface area contributed by atoms with Gasteiger partial charge in [-0.25, -0.2) is 0 Å². The van der Waals surface area contributed by atoms with Crippen molar-refractivity contribution < 1.29 is 14.5 Å². The van der Waals surface area contributed by atoms with E-state index in [1.54, 1.807) is 12.1 Å². The summed E-state index contributed by atoms with van der Waals surface area (Å²) in [6.45, 7) is -0.278. The predicted molar refractivity (Wildman–Crippen MR) is 94.1 cm³/mol. The monoisotopic (exact) mass is 462 g/mol. The molecule has 9 heteroatoms. The van der Waals surface area contributed by atoms with E-state index in [9.17, 15) is 14.9 Å². The molecule has 120 valence electrons. The summed E-state index contributed by atoms with van der Waals surface area (Å²) in [5, 5.41) is 13.4. The first-order valence-electron chi connectivity index (χ1n) is 6.19. The lowest BCUT2D eigenvalue weighted by atomic mass is 10.3. The molecule has 0 spiro atoms. The van der Waals surface area contributed by atoms with Crippen molar-refractivity contribution in [3.63, 3.8) is 0 Å². The molecule has 1 amide bonds. The van der Waals surface area contributed by atoms with Crippen LogP contribution < -0.4 is 10.1 Å². The van der Waals surface area contributed by atoms with Gasteiger partial charge in [0.05, 0.1) is 24.6 Å². The van der Waals surface area contributed by atoms with Gasteiger partial charge in [0.15, 0.2) is 6.61 Å². The van der Waals surface area contributed by atoms with Gasteiger partial charge in [-0.1, -0.05) is 17.7 Å². The molecule has 0 bridgehead atoms. The fourth-order valence-electron chi connectivity index (χ4n) is 1.67. The molecule has 0 unspecified atom stereocenters. The minimum atomic E-state index is -0.569. The van der Waals surface area contributed by atoms with E-state index in [1.165, 1.54) is 18.2 Å². The summed E-state index contributed by atoms with van der Waals surface area (Å²) < 4.78 is 6.81. The third-order valence-corrected chi connectivity index (χ3v) is 4.28. The van der Waals surface area contributed by atoms with Crippen LogP contribution in [0.5, 0.6) is 5.75 Å². The predicted octanol–water partition coefficient (Wildman–Crippen LogP) is 4.79. The normalized spacial score (nSPS) is 10.2. The summed E-state index contributed by atoms with van der Waals surface area (Å²) in [4.78, 5) is 22.1. The number of nitrogens with one attached hydrogen (secondary N) is 1. The van der Waals surface area contributed by atoms with Gasteiger partial charge in [-0.05, 0) is 50.1 Å². The van der Waals surface area contributed by atoms with Crippen LogP contribution >= 0.6 is 43.5 Å². The number of carbonyl (C=O) groups is 1. The molecule has 0 atom stereocenters. The second kappa shape index (κ2) is 7.76. The highest BCUT2D eigenvalue weighted by Gasteiger charge is 2.13. The summed E-state index contributed by atoms with van der Waals surface area (Å²) in [5.74, 6) is -0.0113. The van der Waals surface area contributed by atoms with Crippen molar-refractivity contribution in [3.8, 4) is 5.75 Å². The molecule has 6 nitrogen and oxygen atoms in total. The molecule has 0 aliphatic carbocycles. The number of hydrogen-bond acceptors (Lipinski definition) is 4. The van der Waals surface area contributed by atoms with Crippen LogP contribution in [0.3, 0.4) is 0 Å². The third-order valence-electron chi connectivity index (χ3n) is 2.70. The van der Waals surface area contributed by atoms with Gasteiger partial charge in [0.25, 0.3) is 11.6 Å². The zero-order chi connectivity index (χ0) is 17.0. The van der Waals surface area contributed by atoms with Crippen LogP contribution in [0.15, 0.2) is 45.3 Å². The van der Waals surface area contributed by atoms with E-state index in [0.717, 1.165) is 0 Å². The lowest BCUT2D eigenvalue weighted by Crippen LogP contribution is -2.20. The average molecular weight is 464 g/mol. The molecule has 0 aromatic heterocycles. The molecule has 2 aromatic carbocycles. The number of rotatable bonds is 5. The molecule has 1 N–H and O–H groups in total. The lowest BCUT2D eigenvalue weighted by molar-refractivity contribution is -0.384. The molecular weight excluding hydrogens is 455 g/mol. The van der Waals surface area contributed by atoms with Crippen LogP contribution in [0.1, 0.15) is 0 Å². The maximum Gasteiger partial charge on any atom is 0.271 e. The molecule has 0 aliphatic heterocycles. The number of carbonyl (C=O) groups excluding carboxylic acids is 1. The number of para-hydroxylation sites is 1. The fraction of sp³-hybridized carbons (Fsp3) is 0.0714. The molecule has 23 heavy (non-hydrogen) atoms. The first kappa shape index (κ1) is 17.7. The fourth-order valence-corrected chi connectivity index (χ4v) is 3.06. The number of ether oxygens (including phenoxy) is 1. The Kier molecular flexibility index (Phi) is 5.97. The Hall–Kier alpha value is -1.64. The van der Waals surface area contributed by atoms with E-state index >= 15 is 0 Å². The first-order valence-corrected chi connectivity index (χ1v) is 8.15. The van der Waals surface area contributed by atoms with Gasteiger partial charge in [0, 0.05) is 12.1 Å². The van der Waals surface area contributed by atoms with Crippen LogP contribution in [0, 0.1) is 10.1 Å². The minimum absolute atomic E-state index is 0.153. The number of nitro groups is 1. The first-order chi connectivity index (χ1) is 10.9. The molecule has 2 rings (SSSR count). The number of anilines is 1. The van der Waals surface area contributed by atoms with Crippen molar-refractivity contribution in [2.75, 3.05) is 11.9 Å². The Morgan fingerprint density at radius 1 is 1.26 bits per heavy atom. The van der Waals surface area contributed by atoms with Crippen LogP contribution in [-0.4, -0.2) is 17.4 Å². The summed E-state index contributed by atoms with van der Waals surface area (Å²) in [6.07, 6.45) is 0. The summed E-state index contributed by atoms with van der Waals surface area (Å²) in [7, 11) is 0. The highest BCUT2D eigenvalue weighted by atomic mass is 79.9. The van der Waals surface area contributed by atoms with Gasteiger partial charge < -0.3 is 10.1 Å². The SMILES string of the molecule is O=C(COc1c(Br)cccc1Br)Nc1cc([N+](=O)[O-])ccc1Cl. The van der Waals surface area contributed by atoms with Gasteiger partial charge >= 0.3 is 0 Å². The number of benzene rings is 2. The molecule has 0 radical (unpaired) electrons. The number of amides is 1. The second-order valence-electron chi connectivity index (χ2n) is 4.31. The lowest BCUT2D eigenvalue weighted by Gasteiger charge is -2.11. The van der Waals surface area contributed by atoms with Gasteiger partial charge in [0.2, 0.25) is 0 Å². The van der Waals surface area contributed by atoms with Crippen molar-refractivity contribution >= 4 is 60.7 Å². The standard InChI is InChI=1S/C14H9Br2ClN2O4/c15-9-2-1-3-10(16)14(9)23-7-13(20)18-12-6-8(19(21)22)4-5-11(12)17/h1-6H,7H2,(H,18,20). The van der Waals surface area contributed by atoms with Crippen molar-refractivity contribution in [2.45, 2.75) is 0 Å².